The van der Waals surface area contributed by atoms with Gasteiger partial charge in [0.25, 0.3) is 0 Å². The summed E-state index contributed by atoms with van der Waals surface area (Å²) in [6.07, 6.45) is 4.27. The second-order valence-corrected chi connectivity index (χ2v) is 5.11. The molecule has 2 aromatic rings. The topological polar surface area (TPSA) is 92.9 Å². The average molecular weight is 330 g/mol. The Bertz CT molecular complexity index is 632. The van der Waals surface area contributed by atoms with Crippen LogP contribution >= 0.6 is 23.2 Å². The highest BCUT2D eigenvalue weighted by Gasteiger charge is 2.10. The Balaban J connectivity index is 1.93. The molecule has 0 unspecified atom stereocenters. The number of aryl methyl sites for hydroxylation is 1. The van der Waals surface area contributed by atoms with Crippen molar-refractivity contribution in [2.75, 3.05) is 11.9 Å². The maximum Gasteiger partial charge on any atom is 0.247 e. The Morgan fingerprint density at radius 1 is 1.43 bits per heavy atom. The van der Waals surface area contributed by atoms with Crippen molar-refractivity contribution < 1.29 is 9.90 Å². The molecule has 2 rings (SSSR count). The van der Waals surface area contributed by atoms with E-state index in [2.05, 4.69) is 20.6 Å². The molecule has 0 aromatic carbocycles. The average Bonchev–Trinajstić information content (AvgIpc) is 2.87. The summed E-state index contributed by atoms with van der Waals surface area (Å²) in [7, 11) is 0. The molecule has 9 heteroatoms. The maximum absolute atomic E-state index is 11.9. The molecule has 0 aliphatic carbocycles. The number of hydrogen-bond acceptors (Lipinski definition) is 5. The molecule has 0 saturated carbocycles. The van der Waals surface area contributed by atoms with E-state index >= 15 is 0 Å². The zero-order valence-corrected chi connectivity index (χ0v) is 12.5. The number of nitrogens with one attached hydrogen (secondary N) is 1. The van der Waals surface area contributed by atoms with Crippen LogP contribution in [0.2, 0.25) is 10.0 Å². The molecule has 0 aliphatic rings. The van der Waals surface area contributed by atoms with Gasteiger partial charge in [0.2, 0.25) is 5.91 Å². The summed E-state index contributed by atoms with van der Waals surface area (Å²) in [5, 5.41) is 19.7. The van der Waals surface area contributed by atoms with Crippen LogP contribution in [0.1, 0.15) is 12.1 Å². The molecule has 0 saturated heterocycles. The van der Waals surface area contributed by atoms with Gasteiger partial charge >= 0.3 is 0 Å². The number of carbonyl (C=O) groups excluding carboxylic acids is 1. The molecule has 2 aromatic heterocycles. The molecule has 0 bridgehead atoms. The van der Waals surface area contributed by atoms with Crippen LogP contribution in [0.5, 0.6) is 0 Å². The zero-order chi connectivity index (χ0) is 15.2. The van der Waals surface area contributed by atoms with E-state index in [4.69, 9.17) is 28.3 Å². The fraction of sp³-hybridized carbons (Fsp3) is 0.333. The summed E-state index contributed by atoms with van der Waals surface area (Å²) in [4.78, 5) is 15.8. The van der Waals surface area contributed by atoms with E-state index in [0.717, 1.165) is 5.69 Å². The third-order valence-corrected chi connectivity index (χ3v) is 3.04. The number of carbonyl (C=O) groups is 1. The monoisotopic (exact) mass is 329 g/mol. The van der Waals surface area contributed by atoms with Crippen molar-refractivity contribution in [1.82, 2.24) is 20.0 Å². The molecular formula is C12H13Cl2N5O2. The summed E-state index contributed by atoms with van der Waals surface area (Å²) < 4.78 is 1.41. The summed E-state index contributed by atoms with van der Waals surface area (Å²) in [5.74, 6) is -0.0861. The van der Waals surface area contributed by atoms with Gasteiger partial charge in [-0.2, -0.15) is 0 Å². The quantitative estimate of drug-likeness (QED) is 0.838. The number of aliphatic hydroxyl groups is 1. The highest BCUT2D eigenvalue weighted by atomic mass is 35.5. The van der Waals surface area contributed by atoms with Gasteiger partial charge in [-0.05, 0) is 18.9 Å². The van der Waals surface area contributed by atoms with Crippen molar-refractivity contribution in [1.29, 1.82) is 0 Å². The molecule has 0 radical (unpaired) electrons. The lowest BCUT2D eigenvalue weighted by atomic mass is 10.3. The molecule has 2 N–H and O–H groups in total. The van der Waals surface area contributed by atoms with Crippen LogP contribution < -0.4 is 5.32 Å². The van der Waals surface area contributed by atoms with Gasteiger partial charge in [0, 0.05) is 19.0 Å². The van der Waals surface area contributed by atoms with Crippen molar-refractivity contribution in [3.8, 4) is 0 Å². The van der Waals surface area contributed by atoms with Crippen molar-refractivity contribution in [2.24, 2.45) is 0 Å². The lowest BCUT2D eigenvalue weighted by Crippen LogP contribution is -2.20. The third-order valence-electron chi connectivity index (χ3n) is 2.55. The van der Waals surface area contributed by atoms with Crippen LogP contribution in [0.4, 0.5) is 5.82 Å². The van der Waals surface area contributed by atoms with Crippen LogP contribution in [0.3, 0.4) is 0 Å². The number of rotatable bonds is 6. The highest BCUT2D eigenvalue weighted by molar-refractivity contribution is 6.36. The minimum absolute atomic E-state index is 0.00718. The Kier molecular flexibility index (Phi) is 5.49. The minimum atomic E-state index is -0.328. The second-order valence-electron chi connectivity index (χ2n) is 4.27. The lowest BCUT2D eigenvalue weighted by molar-refractivity contribution is -0.116. The molecule has 21 heavy (non-hydrogen) atoms. The van der Waals surface area contributed by atoms with Crippen molar-refractivity contribution in [3.05, 3.63) is 34.2 Å². The van der Waals surface area contributed by atoms with E-state index in [1.807, 2.05) is 0 Å². The number of nitrogens with zero attached hydrogens (tertiary/aromatic N) is 4. The van der Waals surface area contributed by atoms with E-state index in [9.17, 15) is 4.79 Å². The molecule has 0 fully saturated rings. The van der Waals surface area contributed by atoms with Gasteiger partial charge in [0.05, 0.1) is 15.7 Å². The number of anilines is 1. The molecule has 0 atom stereocenters. The van der Waals surface area contributed by atoms with Crippen LogP contribution in [0, 0.1) is 0 Å². The van der Waals surface area contributed by atoms with Gasteiger partial charge in [0.1, 0.15) is 6.54 Å². The van der Waals surface area contributed by atoms with E-state index in [1.165, 1.54) is 16.9 Å². The molecule has 1 amide bonds. The normalized spacial score (nSPS) is 10.6. The van der Waals surface area contributed by atoms with Crippen molar-refractivity contribution in [3.63, 3.8) is 0 Å². The molecule has 2 heterocycles. The Morgan fingerprint density at radius 3 is 2.95 bits per heavy atom. The van der Waals surface area contributed by atoms with Gasteiger partial charge in [-0.3, -0.25) is 4.79 Å². The Labute approximate surface area is 130 Å². The SMILES string of the molecule is O=C(Cn1cc(CCCO)nn1)Nc1ncc(Cl)cc1Cl. The Hall–Kier alpha value is -1.70. The van der Waals surface area contributed by atoms with Gasteiger partial charge in [0.15, 0.2) is 5.82 Å². The van der Waals surface area contributed by atoms with Crippen molar-refractivity contribution in [2.45, 2.75) is 19.4 Å². The molecule has 7 nitrogen and oxygen atoms in total. The molecule has 0 aliphatic heterocycles. The second kappa shape index (κ2) is 7.35. The summed E-state index contributed by atoms with van der Waals surface area (Å²) in [5.41, 5.74) is 0.722. The molecule has 0 spiro atoms. The fourth-order valence-corrected chi connectivity index (χ4v) is 2.04. The summed E-state index contributed by atoms with van der Waals surface area (Å²) >= 11 is 11.6. The predicted molar refractivity (Wildman–Crippen MR) is 78.3 cm³/mol. The number of aliphatic hydroxyl groups excluding tert-OH is 1. The summed E-state index contributed by atoms with van der Waals surface area (Å²) in [6.45, 7) is 0.0842. The first-order valence-corrected chi connectivity index (χ1v) is 6.95. The Morgan fingerprint density at radius 2 is 2.24 bits per heavy atom. The first-order chi connectivity index (χ1) is 10.1. The number of pyridine rings is 1. The van der Waals surface area contributed by atoms with E-state index in [-0.39, 0.29) is 29.9 Å². The largest absolute Gasteiger partial charge is 0.396 e. The van der Waals surface area contributed by atoms with Gasteiger partial charge in [-0.25, -0.2) is 9.67 Å². The molecular weight excluding hydrogens is 317 g/mol. The maximum atomic E-state index is 11.9. The van der Waals surface area contributed by atoms with Crippen LogP contribution in [0.25, 0.3) is 0 Å². The van der Waals surface area contributed by atoms with E-state index in [1.54, 1.807) is 6.20 Å². The lowest BCUT2D eigenvalue weighted by Gasteiger charge is -2.06. The number of amides is 1. The van der Waals surface area contributed by atoms with Gasteiger partial charge in [-0.1, -0.05) is 28.4 Å². The van der Waals surface area contributed by atoms with Gasteiger partial charge < -0.3 is 10.4 Å². The number of aromatic nitrogens is 4. The molecule has 112 valence electrons. The predicted octanol–water partition coefficient (Wildman–Crippen LogP) is 1.54. The standard InChI is InChI=1S/C12H13Cl2N5O2/c13-8-4-10(14)12(15-5-8)16-11(21)7-19-6-9(17-18-19)2-1-3-20/h4-6,20H,1-3,7H2,(H,15,16,21). The van der Waals surface area contributed by atoms with Crippen molar-refractivity contribution >= 4 is 34.9 Å². The fourth-order valence-electron chi connectivity index (χ4n) is 1.62. The number of hydrogen-bond donors (Lipinski definition) is 2. The summed E-state index contributed by atoms with van der Waals surface area (Å²) in [6, 6.07) is 1.49. The van der Waals surface area contributed by atoms with Crippen LogP contribution in [-0.2, 0) is 17.8 Å². The smallest absolute Gasteiger partial charge is 0.247 e. The van der Waals surface area contributed by atoms with E-state index < -0.39 is 0 Å². The van der Waals surface area contributed by atoms with Gasteiger partial charge in [-0.15, -0.1) is 5.10 Å². The van der Waals surface area contributed by atoms with Crippen LogP contribution in [-0.4, -0.2) is 37.6 Å². The first kappa shape index (κ1) is 15.7. The number of halogens is 2. The minimum Gasteiger partial charge on any atom is -0.396 e. The van der Waals surface area contributed by atoms with E-state index in [0.29, 0.717) is 17.9 Å². The van der Waals surface area contributed by atoms with Crippen LogP contribution in [0.15, 0.2) is 18.5 Å². The zero-order valence-electron chi connectivity index (χ0n) is 11.0. The highest BCUT2D eigenvalue weighted by Crippen LogP contribution is 2.22. The third kappa shape index (κ3) is 4.66. The first-order valence-electron chi connectivity index (χ1n) is 6.19.